The minimum absolute atomic E-state index is 0.617. The van der Waals surface area contributed by atoms with Crippen molar-refractivity contribution in [2.24, 2.45) is 0 Å². The zero-order chi connectivity index (χ0) is 10.4. The summed E-state index contributed by atoms with van der Waals surface area (Å²) in [4.78, 5) is 0. The largest absolute Gasteiger partial charge is 0.310 e. The smallest absolute Gasteiger partial charge is 0.0326 e. The number of fused-ring (bicyclic) bond motifs is 1. The Morgan fingerprint density at radius 3 is 2.71 bits per heavy atom. The lowest BCUT2D eigenvalue weighted by molar-refractivity contribution is 0.549. The molecule has 1 aromatic carbocycles. The lowest BCUT2D eigenvalue weighted by Crippen LogP contribution is -2.18. The molecule has 1 aromatic rings. The molecule has 0 aliphatic heterocycles. The van der Waals surface area contributed by atoms with Crippen molar-refractivity contribution in [1.29, 1.82) is 0 Å². The fourth-order valence-electron chi connectivity index (χ4n) is 2.02. The second-order valence-corrected chi connectivity index (χ2v) is 3.35. The van der Waals surface area contributed by atoms with Gasteiger partial charge in [0.2, 0.25) is 0 Å². The summed E-state index contributed by atoms with van der Waals surface area (Å²) in [6.45, 7) is 7.24. The molecular formula is C13H21N. The van der Waals surface area contributed by atoms with Crippen LogP contribution in [-0.4, -0.2) is 6.54 Å². The van der Waals surface area contributed by atoms with Gasteiger partial charge < -0.3 is 5.32 Å². The van der Waals surface area contributed by atoms with E-state index in [-0.39, 0.29) is 0 Å². The highest BCUT2D eigenvalue weighted by Crippen LogP contribution is 2.30. The van der Waals surface area contributed by atoms with E-state index in [2.05, 4.69) is 36.5 Å². The average Bonchev–Trinajstić information content (AvgIpc) is 2.66. The second kappa shape index (κ2) is 5.82. The van der Waals surface area contributed by atoms with Crippen LogP contribution in [0, 0.1) is 0 Å². The van der Waals surface area contributed by atoms with Crippen molar-refractivity contribution >= 4 is 0 Å². The molecule has 78 valence electrons. The molecule has 0 heterocycles. The minimum atomic E-state index is 0.617. The first-order chi connectivity index (χ1) is 6.92. The van der Waals surface area contributed by atoms with E-state index < -0.39 is 0 Å². The van der Waals surface area contributed by atoms with Gasteiger partial charge >= 0.3 is 0 Å². The molecule has 1 aliphatic rings. The Morgan fingerprint density at radius 2 is 2.00 bits per heavy atom. The first kappa shape index (κ1) is 11.3. The standard InChI is InChI=1S/C11H15N.C2H6/c1-2-12-11-8-7-9-5-3-4-6-10(9)11;1-2/h3-6,11-12H,2,7-8H2,1H3;1-2H3. The molecule has 1 aliphatic carbocycles. The Kier molecular flexibility index (Phi) is 4.68. The third-order valence-corrected chi connectivity index (χ3v) is 2.58. The van der Waals surface area contributed by atoms with E-state index >= 15 is 0 Å². The maximum absolute atomic E-state index is 3.50. The van der Waals surface area contributed by atoms with Crippen LogP contribution in [0.25, 0.3) is 0 Å². The van der Waals surface area contributed by atoms with Crippen LogP contribution in [0.3, 0.4) is 0 Å². The summed E-state index contributed by atoms with van der Waals surface area (Å²) in [5, 5.41) is 3.50. The summed E-state index contributed by atoms with van der Waals surface area (Å²) < 4.78 is 0. The normalized spacial score (nSPS) is 18.4. The van der Waals surface area contributed by atoms with Gasteiger partial charge in [0.1, 0.15) is 0 Å². The number of hydrogen-bond acceptors (Lipinski definition) is 1. The summed E-state index contributed by atoms with van der Waals surface area (Å²) in [6, 6.07) is 9.37. The molecule has 0 saturated heterocycles. The first-order valence-corrected chi connectivity index (χ1v) is 5.73. The van der Waals surface area contributed by atoms with E-state index in [1.54, 1.807) is 0 Å². The average molecular weight is 191 g/mol. The Hall–Kier alpha value is -0.820. The van der Waals surface area contributed by atoms with Gasteiger partial charge in [0.25, 0.3) is 0 Å². The zero-order valence-corrected chi connectivity index (χ0v) is 9.51. The molecule has 1 nitrogen and oxygen atoms in total. The molecule has 1 heteroatoms. The van der Waals surface area contributed by atoms with Crippen molar-refractivity contribution in [3.05, 3.63) is 35.4 Å². The molecule has 1 atom stereocenters. The van der Waals surface area contributed by atoms with Crippen molar-refractivity contribution in [3.8, 4) is 0 Å². The second-order valence-electron chi connectivity index (χ2n) is 3.35. The van der Waals surface area contributed by atoms with Gasteiger partial charge in [0, 0.05) is 6.04 Å². The third kappa shape index (κ3) is 2.36. The summed E-state index contributed by atoms with van der Waals surface area (Å²) in [5.41, 5.74) is 3.04. The number of rotatable bonds is 2. The lowest BCUT2D eigenvalue weighted by Gasteiger charge is -2.11. The lowest BCUT2D eigenvalue weighted by atomic mass is 10.1. The molecule has 1 N–H and O–H groups in total. The molecule has 0 radical (unpaired) electrons. The Labute approximate surface area is 87.5 Å². The van der Waals surface area contributed by atoms with E-state index in [9.17, 15) is 0 Å². The number of benzene rings is 1. The first-order valence-electron chi connectivity index (χ1n) is 5.73. The highest BCUT2D eigenvalue weighted by atomic mass is 14.9. The summed E-state index contributed by atoms with van der Waals surface area (Å²) in [5.74, 6) is 0. The Bertz CT molecular complexity index is 266. The van der Waals surface area contributed by atoms with Crippen molar-refractivity contribution in [1.82, 2.24) is 5.32 Å². The summed E-state index contributed by atoms with van der Waals surface area (Å²) in [6.07, 6.45) is 2.51. The highest BCUT2D eigenvalue weighted by molar-refractivity contribution is 5.34. The fraction of sp³-hybridized carbons (Fsp3) is 0.538. The molecule has 0 amide bonds. The Morgan fingerprint density at radius 1 is 1.29 bits per heavy atom. The van der Waals surface area contributed by atoms with E-state index in [1.807, 2.05) is 13.8 Å². The van der Waals surface area contributed by atoms with Gasteiger partial charge in [0.15, 0.2) is 0 Å². The molecular weight excluding hydrogens is 170 g/mol. The molecule has 0 fully saturated rings. The monoisotopic (exact) mass is 191 g/mol. The molecule has 14 heavy (non-hydrogen) atoms. The Balaban J connectivity index is 0.000000461. The minimum Gasteiger partial charge on any atom is -0.310 e. The maximum atomic E-state index is 3.50. The fourth-order valence-corrected chi connectivity index (χ4v) is 2.02. The van der Waals surface area contributed by atoms with Gasteiger partial charge in [-0.1, -0.05) is 45.0 Å². The van der Waals surface area contributed by atoms with Gasteiger partial charge in [-0.05, 0) is 30.5 Å². The van der Waals surface area contributed by atoms with Crippen molar-refractivity contribution in [2.45, 2.75) is 39.7 Å². The van der Waals surface area contributed by atoms with Gasteiger partial charge in [-0.3, -0.25) is 0 Å². The van der Waals surface area contributed by atoms with E-state index in [0.29, 0.717) is 6.04 Å². The van der Waals surface area contributed by atoms with Crippen LogP contribution in [0.5, 0.6) is 0 Å². The quantitative estimate of drug-likeness (QED) is 0.756. The van der Waals surface area contributed by atoms with Crippen molar-refractivity contribution in [2.75, 3.05) is 6.54 Å². The van der Waals surface area contributed by atoms with Crippen molar-refractivity contribution < 1.29 is 0 Å². The molecule has 0 bridgehead atoms. The molecule has 0 aromatic heterocycles. The van der Waals surface area contributed by atoms with E-state index in [4.69, 9.17) is 0 Å². The van der Waals surface area contributed by atoms with Gasteiger partial charge in [-0.15, -0.1) is 0 Å². The van der Waals surface area contributed by atoms with Crippen molar-refractivity contribution in [3.63, 3.8) is 0 Å². The van der Waals surface area contributed by atoms with Crippen LogP contribution in [-0.2, 0) is 6.42 Å². The number of hydrogen-bond donors (Lipinski definition) is 1. The SMILES string of the molecule is CC.CCNC1CCc2ccccc21. The van der Waals surface area contributed by atoms with E-state index in [0.717, 1.165) is 6.54 Å². The maximum Gasteiger partial charge on any atom is 0.0326 e. The van der Waals surface area contributed by atoms with E-state index in [1.165, 1.54) is 24.0 Å². The number of nitrogens with one attached hydrogen (secondary N) is 1. The van der Waals surface area contributed by atoms with Crippen LogP contribution in [0.2, 0.25) is 0 Å². The molecule has 2 rings (SSSR count). The van der Waals surface area contributed by atoms with Crippen LogP contribution < -0.4 is 5.32 Å². The predicted octanol–water partition coefficient (Wildman–Crippen LogP) is 3.31. The topological polar surface area (TPSA) is 12.0 Å². The van der Waals surface area contributed by atoms with Gasteiger partial charge in [-0.2, -0.15) is 0 Å². The highest BCUT2D eigenvalue weighted by Gasteiger charge is 2.19. The van der Waals surface area contributed by atoms with Gasteiger partial charge in [-0.25, -0.2) is 0 Å². The molecule has 1 unspecified atom stereocenters. The van der Waals surface area contributed by atoms with Gasteiger partial charge in [0.05, 0.1) is 0 Å². The van der Waals surface area contributed by atoms with Crippen LogP contribution >= 0.6 is 0 Å². The zero-order valence-electron chi connectivity index (χ0n) is 9.51. The van der Waals surface area contributed by atoms with Crippen LogP contribution in [0.4, 0.5) is 0 Å². The summed E-state index contributed by atoms with van der Waals surface area (Å²) in [7, 11) is 0. The van der Waals surface area contributed by atoms with Crippen LogP contribution in [0.1, 0.15) is 44.4 Å². The van der Waals surface area contributed by atoms with Crippen LogP contribution in [0.15, 0.2) is 24.3 Å². The molecule has 0 spiro atoms. The predicted molar refractivity (Wildman–Crippen MR) is 62.5 cm³/mol. The summed E-state index contributed by atoms with van der Waals surface area (Å²) >= 11 is 0. The number of aryl methyl sites for hydroxylation is 1. The molecule has 0 saturated carbocycles. The third-order valence-electron chi connectivity index (χ3n) is 2.58.